The van der Waals surface area contributed by atoms with Crippen LogP contribution in [0.3, 0.4) is 0 Å². The maximum Gasteiger partial charge on any atom is 0.321 e. The van der Waals surface area contributed by atoms with Crippen molar-refractivity contribution in [1.82, 2.24) is 5.32 Å². The Bertz CT molecular complexity index is 497. The van der Waals surface area contributed by atoms with Gasteiger partial charge in [0.1, 0.15) is 11.9 Å². The van der Waals surface area contributed by atoms with E-state index in [0.717, 1.165) is 17.3 Å². The number of aliphatic carboxylic acids is 1. The topological polar surface area (TPSA) is 92.4 Å². The lowest BCUT2D eigenvalue weighted by molar-refractivity contribution is -0.138. The van der Waals surface area contributed by atoms with Crippen molar-refractivity contribution in [3.8, 4) is 0 Å². The van der Waals surface area contributed by atoms with E-state index in [1.165, 1.54) is 6.07 Å². The number of nitrogens with one attached hydrogen (secondary N) is 1. The van der Waals surface area contributed by atoms with Gasteiger partial charge in [-0.3, -0.25) is 9.59 Å². The molecule has 0 saturated heterocycles. The minimum Gasteiger partial charge on any atom is -0.480 e. The zero-order chi connectivity index (χ0) is 15.1. The predicted octanol–water partition coefficient (Wildman–Crippen LogP) is 0.895. The zero-order valence-electron chi connectivity index (χ0n) is 11.1. The Balaban J connectivity index is 2.29. The summed E-state index contributed by atoms with van der Waals surface area (Å²) in [5, 5.41) is 11.3. The number of carboxylic acid groups (broad SMARTS) is 1. The molecule has 1 aromatic carbocycles. The van der Waals surface area contributed by atoms with Crippen LogP contribution in [-0.2, 0) is 16.1 Å². The number of benzene rings is 1. The third-order valence-corrected chi connectivity index (χ3v) is 3.62. The standard InChI is InChI=1S/C13H17FN2O3S/c1-8-4-9(2-3-10(8)14)5-16-12(17)7-20-6-11(15)13(18)19/h2-4,11H,5-7,15H2,1H3,(H,16,17)(H,18,19)/t11-/m1/s1. The molecule has 0 radical (unpaired) electrons. The molecule has 0 unspecified atom stereocenters. The minimum absolute atomic E-state index is 0.140. The lowest BCUT2D eigenvalue weighted by Crippen LogP contribution is -2.33. The summed E-state index contributed by atoms with van der Waals surface area (Å²) in [7, 11) is 0. The Morgan fingerprint density at radius 1 is 1.50 bits per heavy atom. The van der Waals surface area contributed by atoms with Crippen molar-refractivity contribution in [2.24, 2.45) is 5.73 Å². The lowest BCUT2D eigenvalue weighted by Gasteiger charge is -2.08. The van der Waals surface area contributed by atoms with Crippen LogP contribution in [0.25, 0.3) is 0 Å². The Hall–Kier alpha value is -1.60. The molecule has 1 rings (SSSR count). The normalized spacial score (nSPS) is 11.9. The van der Waals surface area contributed by atoms with Gasteiger partial charge in [0.15, 0.2) is 0 Å². The van der Waals surface area contributed by atoms with Crippen LogP contribution in [0.5, 0.6) is 0 Å². The van der Waals surface area contributed by atoms with E-state index in [1.54, 1.807) is 19.1 Å². The highest BCUT2D eigenvalue weighted by atomic mass is 32.2. The van der Waals surface area contributed by atoms with E-state index < -0.39 is 12.0 Å². The summed E-state index contributed by atoms with van der Waals surface area (Å²) in [5.74, 6) is -1.26. The number of halogens is 1. The van der Waals surface area contributed by atoms with Gasteiger partial charge < -0.3 is 16.2 Å². The summed E-state index contributed by atoms with van der Waals surface area (Å²) in [6.45, 7) is 1.97. The van der Waals surface area contributed by atoms with Crippen molar-refractivity contribution in [3.05, 3.63) is 35.1 Å². The first-order valence-corrected chi connectivity index (χ1v) is 7.13. The number of amides is 1. The first kappa shape index (κ1) is 16.5. The maximum absolute atomic E-state index is 13.1. The largest absolute Gasteiger partial charge is 0.480 e. The average molecular weight is 300 g/mol. The first-order chi connectivity index (χ1) is 9.40. The van der Waals surface area contributed by atoms with Crippen LogP contribution >= 0.6 is 11.8 Å². The second-order valence-corrected chi connectivity index (χ2v) is 5.35. The molecule has 0 fully saturated rings. The van der Waals surface area contributed by atoms with Crippen molar-refractivity contribution < 1.29 is 19.1 Å². The number of nitrogens with two attached hydrogens (primary N) is 1. The summed E-state index contributed by atoms with van der Waals surface area (Å²) in [6, 6.07) is 3.67. The fourth-order valence-corrected chi connectivity index (χ4v) is 2.22. The van der Waals surface area contributed by atoms with Crippen LogP contribution in [0.15, 0.2) is 18.2 Å². The smallest absolute Gasteiger partial charge is 0.321 e. The highest BCUT2D eigenvalue weighted by Gasteiger charge is 2.12. The number of carboxylic acids is 1. The molecule has 1 amide bonds. The SMILES string of the molecule is Cc1cc(CNC(=O)CSC[C@@H](N)C(=O)O)ccc1F. The number of hydrogen-bond donors (Lipinski definition) is 3. The third kappa shape index (κ3) is 5.58. The van der Waals surface area contributed by atoms with Crippen LogP contribution < -0.4 is 11.1 Å². The van der Waals surface area contributed by atoms with Crippen LogP contribution in [0.2, 0.25) is 0 Å². The van der Waals surface area contributed by atoms with Gasteiger partial charge in [0.25, 0.3) is 0 Å². The van der Waals surface area contributed by atoms with Gasteiger partial charge in [-0.25, -0.2) is 4.39 Å². The molecule has 0 aromatic heterocycles. The Morgan fingerprint density at radius 2 is 2.20 bits per heavy atom. The van der Waals surface area contributed by atoms with Crippen molar-refractivity contribution in [2.75, 3.05) is 11.5 Å². The minimum atomic E-state index is -1.08. The van der Waals surface area contributed by atoms with E-state index in [2.05, 4.69) is 5.32 Å². The lowest BCUT2D eigenvalue weighted by atomic mass is 10.1. The summed E-state index contributed by atoms with van der Waals surface area (Å²) < 4.78 is 13.1. The third-order valence-electron chi connectivity index (χ3n) is 2.56. The van der Waals surface area contributed by atoms with Crippen LogP contribution in [-0.4, -0.2) is 34.5 Å². The van der Waals surface area contributed by atoms with E-state index in [0.29, 0.717) is 12.1 Å². The molecule has 110 valence electrons. The molecule has 0 aliphatic carbocycles. The molecule has 0 heterocycles. The van der Waals surface area contributed by atoms with E-state index >= 15 is 0 Å². The van der Waals surface area contributed by atoms with Gasteiger partial charge in [-0.05, 0) is 24.1 Å². The van der Waals surface area contributed by atoms with Gasteiger partial charge >= 0.3 is 5.97 Å². The molecule has 7 heteroatoms. The van der Waals surface area contributed by atoms with E-state index in [1.807, 2.05) is 0 Å². The van der Waals surface area contributed by atoms with Crippen molar-refractivity contribution in [1.29, 1.82) is 0 Å². The van der Waals surface area contributed by atoms with Crippen molar-refractivity contribution >= 4 is 23.6 Å². The highest BCUT2D eigenvalue weighted by molar-refractivity contribution is 8.00. The molecule has 0 saturated carbocycles. The fraction of sp³-hybridized carbons (Fsp3) is 0.385. The number of thioether (sulfide) groups is 1. The first-order valence-electron chi connectivity index (χ1n) is 5.98. The number of carbonyl (C=O) groups is 2. The Kier molecular flexibility index (Phi) is 6.47. The van der Waals surface area contributed by atoms with Crippen molar-refractivity contribution in [2.45, 2.75) is 19.5 Å². The van der Waals surface area contributed by atoms with Gasteiger partial charge in [0.2, 0.25) is 5.91 Å². The fourth-order valence-electron chi connectivity index (χ4n) is 1.42. The molecule has 5 nitrogen and oxygen atoms in total. The van der Waals surface area contributed by atoms with Gasteiger partial charge in [-0.15, -0.1) is 11.8 Å². The Morgan fingerprint density at radius 3 is 2.80 bits per heavy atom. The molecule has 0 aliphatic rings. The molecule has 1 atom stereocenters. The Labute approximate surface area is 120 Å². The second-order valence-electron chi connectivity index (χ2n) is 4.32. The second kappa shape index (κ2) is 7.86. The zero-order valence-corrected chi connectivity index (χ0v) is 11.9. The van der Waals surface area contributed by atoms with E-state index in [-0.39, 0.29) is 23.2 Å². The molecule has 4 N–H and O–H groups in total. The van der Waals surface area contributed by atoms with E-state index in [9.17, 15) is 14.0 Å². The van der Waals surface area contributed by atoms with Crippen LogP contribution in [0.1, 0.15) is 11.1 Å². The molecule has 0 bridgehead atoms. The number of rotatable bonds is 7. The summed E-state index contributed by atoms with van der Waals surface area (Å²) >= 11 is 1.16. The van der Waals surface area contributed by atoms with Gasteiger partial charge in [-0.2, -0.15) is 0 Å². The molecule has 0 spiro atoms. The van der Waals surface area contributed by atoms with Crippen LogP contribution in [0, 0.1) is 12.7 Å². The predicted molar refractivity (Wildman–Crippen MR) is 75.9 cm³/mol. The molecule has 20 heavy (non-hydrogen) atoms. The van der Waals surface area contributed by atoms with Gasteiger partial charge in [-0.1, -0.05) is 12.1 Å². The van der Waals surface area contributed by atoms with Crippen LogP contribution in [0.4, 0.5) is 4.39 Å². The monoisotopic (exact) mass is 300 g/mol. The molecule has 0 aliphatic heterocycles. The quantitative estimate of drug-likeness (QED) is 0.695. The highest BCUT2D eigenvalue weighted by Crippen LogP contribution is 2.09. The van der Waals surface area contributed by atoms with Gasteiger partial charge in [0.05, 0.1) is 5.75 Å². The average Bonchev–Trinajstić information content (AvgIpc) is 2.40. The molecular weight excluding hydrogens is 283 g/mol. The maximum atomic E-state index is 13.1. The van der Waals surface area contributed by atoms with E-state index in [4.69, 9.17) is 10.8 Å². The number of hydrogen-bond acceptors (Lipinski definition) is 4. The molecule has 1 aromatic rings. The number of aryl methyl sites for hydroxylation is 1. The summed E-state index contributed by atoms with van der Waals surface area (Å²) in [5.41, 5.74) is 6.65. The van der Waals surface area contributed by atoms with Crippen molar-refractivity contribution in [3.63, 3.8) is 0 Å². The van der Waals surface area contributed by atoms with Gasteiger partial charge in [0, 0.05) is 12.3 Å². The molecular formula is C13H17FN2O3S. The summed E-state index contributed by atoms with van der Waals surface area (Å²) in [4.78, 5) is 22.0. The summed E-state index contributed by atoms with van der Waals surface area (Å²) in [6.07, 6.45) is 0. The number of carbonyl (C=O) groups excluding carboxylic acids is 1.